The van der Waals surface area contributed by atoms with Crippen molar-refractivity contribution in [3.63, 3.8) is 0 Å². The Morgan fingerprint density at radius 1 is 1.31 bits per heavy atom. The summed E-state index contributed by atoms with van der Waals surface area (Å²) >= 11 is 7.17. The minimum absolute atomic E-state index is 0.192. The smallest absolute Gasteiger partial charge is 0.338 e. The van der Waals surface area contributed by atoms with Crippen LogP contribution in [0.1, 0.15) is 20.8 Å². The summed E-state index contributed by atoms with van der Waals surface area (Å²) in [5.41, 5.74) is 1.34. The Hall–Kier alpha value is -1.32. The number of carbonyl (C=O) groups is 1. The molecule has 0 fully saturated rings. The minimum atomic E-state index is -0.972. The second-order valence-electron chi connectivity index (χ2n) is 3.37. The van der Waals surface area contributed by atoms with E-state index in [9.17, 15) is 4.79 Å². The molecule has 1 aromatic carbocycles. The van der Waals surface area contributed by atoms with E-state index >= 15 is 0 Å². The van der Waals surface area contributed by atoms with Crippen molar-refractivity contribution in [3.05, 3.63) is 56.7 Å². The molecule has 0 spiro atoms. The minimum Gasteiger partial charge on any atom is -0.478 e. The SMILES string of the molecule is O=C(O)c1cc(Cc2ccccc2)sc1Cl. The number of halogens is 1. The Kier molecular flexibility index (Phi) is 3.27. The van der Waals surface area contributed by atoms with Gasteiger partial charge < -0.3 is 5.11 Å². The Morgan fingerprint density at radius 2 is 2.00 bits per heavy atom. The highest BCUT2D eigenvalue weighted by Crippen LogP contribution is 2.29. The maximum Gasteiger partial charge on any atom is 0.338 e. The summed E-state index contributed by atoms with van der Waals surface area (Å²) in [6.45, 7) is 0. The van der Waals surface area contributed by atoms with E-state index in [2.05, 4.69) is 0 Å². The Balaban J connectivity index is 2.23. The number of aromatic carboxylic acids is 1. The summed E-state index contributed by atoms with van der Waals surface area (Å²) in [6, 6.07) is 11.5. The van der Waals surface area contributed by atoms with Crippen molar-refractivity contribution in [2.75, 3.05) is 0 Å². The summed E-state index contributed by atoms with van der Waals surface area (Å²) in [4.78, 5) is 11.8. The number of thiophene rings is 1. The quantitative estimate of drug-likeness (QED) is 0.905. The molecule has 0 amide bonds. The second-order valence-corrected chi connectivity index (χ2v) is 5.11. The van der Waals surface area contributed by atoms with Crippen LogP contribution in [0.15, 0.2) is 36.4 Å². The first-order valence-corrected chi connectivity index (χ1v) is 5.91. The molecule has 2 aromatic rings. The average Bonchev–Trinajstić information content (AvgIpc) is 2.61. The van der Waals surface area contributed by atoms with Crippen LogP contribution in [0.25, 0.3) is 0 Å². The van der Waals surface area contributed by atoms with E-state index in [1.54, 1.807) is 6.07 Å². The van der Waals surface area contributed by atoms with Gasteiger partial charge in [0, 0.05) is 11.3 Å². The number of benzene rings is 1. The van der Waals surface area contributed by atoms with Gasteiger partial charge in [-0.25, -0.2) is 4.79 Å². The third kappa shape index (κ3) is 2.43. The maximum atomic E-state index is 10.8. The van der Waals surface area contributed by atoms with Gasteiger partial charge in [-0.3, -0.25) is 0 Å². The van der Waals surface area contributed by atoms with Gasteiger partial charge in [-0.2, -0.15) is 0 Å². The van der Waals surface area contributed by atoms with Crippen LogP contribution in [-0.2, 0) is 6.42 Å². The largest absolute Gasteiger partial charge is 0.478 e. The van der Waals surface area contributed by atoms with Crippen molar-refractivity contribution >= 4 is 28.9 Å². The van der Waals surface area contributed by atoms with Crippen molar-refractivity contribution in [3.8, 4) is 0 Å². The van der Waals surface area contributed by atoms with Crippen LogP contribution in [0, 0.1) is 0 Å². The van der Waals surface area contributed by atoms with Crippen LogP contribution in [0.5, 0.6) is 0 Å². The van der Waals surface area contributed by atoms with Gasteiger partial charge in [0.05, 0.1) is 5.56 Å². The summed E-state index contributed by atoms with van der Waals surface area (Å²) < 4.78 is 0.346. The summed E-state index contributed by atoms with van der Waals surface area (Å²) in [5.74, 6) is -0.972. The molecule has 16 heavy (non-hydrogen) atoms. The number of rotatable bonds is 3. The molecule has 0 aliphatic carbocycles. The predicted molar refractivity (Wildman–Crippen MR) is 65.5 cm³/mol. The average molecular weight is 253 g/mol. The van der Waals surface area contributed by atoms with Crippen molar-refractivity contribution < 1.29 is 9.90 Å². The standard InChI is InChI=1S/C12H9ClO2S/c13-11-10(12(14)15)7-9(16-11)6-8-4-2-1-3-5-8/h1-5,7H,6H2,(H,14,15). The molecule has 2 rings (SSSR count). The van der Waals surface area contributed by atoms with Crippen LogP contribution >= 0.6 is 22.9 Å². The fourth-order valence-corrected chi connectivity index (χ4v) is 2.78. The molecule has 0 aliphatic heterocycles. The molecule has 2 nitrogen and oxygen atoms in total. The van der Waals surface area contributed by atoms with Gasteiger partial charge >= 0.3 is 5.97 Å². The van der Waals surface area contributed by atoms with Gasteiger partial charge in [0.1, 0.15) is 4.34 Å². The fraction of sp³-hybridized carbons (Fsp3) is 0.0833. The summed E-state index contributed by atoms with van der Waals surface area (Å²) in [6.07, 6.45) is 0.721. The highest BCUT2D eigenvalue weighted by atomic mass is 35.5. The van der Waals surface area contributed by atoms with E-state index in [1.165, 1.54) is 11.3 Å². The fourth-order valence-electron chi connectivity index (χ4n) is 1.45. The lowest BCUT2D eigenvalue weighted by molar-refractivity contribution is 0.0697. The van der Waals surface area contributed by atoms with E-state index < -0.39 is 5.97 Å². The Labute approximate surface area is 102 Å². The third-order valence-corrected chi connectivity index (χ3v) is 3.55. The van der Waals surface area contributed by atoms with Crippen molar-refractivity contribution in [1.29, 1.82) is 0 Å². The molecule has 0 atom stereocenters. The highest BCUT2D eigenvalue weighted by Gasteiger charge is 2.13. The normalized spacial score (nSPS) is 10.3. The molecule has 0 aliphatic rings. The lowest BCUT2D eigenvalue weighted by Gasteiger charge is -1.96. The van der Waals surface area contributed by atoms with Gasteiger partial charge in [-0.1, -0.05) is 41.9 Å². The third-order valence-electron chi connectivity index (χ3n) is 2.19. The van der Waals surface area contributed by atoms with Gasteiger partial charge in [0.25, 0.3) is 0 Å². The Bertz CT molecular complexity index is 505. The lowest BCUT2D eigenvalue weighted by atomic mass is 10.1. The van der Waals surface area contributed by atoms with Crippen LogP contribution in [0.4, 0.5) is 0 Å². The van der Waals surface area contributed by atoms with Crippen molar-refractivity contribution in [2.45, 2.75) is 6.42 Å². The van der Waals surface area contributed by atoms with E-state index in [0.29, 0.717) is 4.34 Å². The van der Waals surface area contributed by atoms with Crippen molar-refractivity contribution in [1.82, 2.24) is 0 Å². The first kappa shape index (κ1) is 11.2. The highest BCUT2D eigenvalue weighted by molar-refractivity contribution is 7.16. The first-order valence-electron chi connectivity index (χ1n) is 4.72. The summed E-state index contributed by atoms with van der Waals surface area (Å²) in [5, 5.41) is 8.87. The molecule has 82 valence electrons. The Morgan fingerprint density at radius 3 is 2.56 bits per heavy atom. The van der Waals surface area contributed by atoms with E-state index in [1.807, 2.05) is 30.3 Å². The van der Waals surface area contributed by atoms with Crippen molar-refractivity contribution in [2.24, 2.45) is 0 Å². The van der Waals surface area contributed by atoms with Gasteiger partial charge in [0.2, 0.25) is 0 Å². The number of carboxylic acid groups (broad SMARTS) is 1. The number of carboxylic acids is 1. The molecular formula is C12H9ClO2S. The number of hydrogen-bond donors (Lipinski definition) is 1. The monoisotopic (exact) mass is 252 g/mol. The molecule has 0 saturated heterocycles. The number of hydrogen-bond acceptors (Lipinski definition) is 2. The van der Waals surface area contributed by atoms with Crippen LogP contribution in [-0.4, -0.2) is 11.1 Å². The second kappa shape index (κ2) is 4.68. The lowest BCUT2D eigenvalue weighted by Crippen LogP contribution is -1.93. The zero-order valence-corrected chi connectivity index (χ0v) is 9.89. The first-order chi connectivity index (χ1) is 7.66. The van der Waals surface area contributed by atoms with Gasteiger partial charge in [-0.15, -0.1) is 11.3 Å². The molecule has 0 saturated carbocycles. The maximum absolute atomic E-state index is 10.8. The van der Waals surface area contributed by atoms with Crippen LogP contribution in [0.3, 0.4) is 0 Å². The molecule has 1 aromatic heterocycles. The zero-order valence-electron chi connectivity index (χ0n) is 8.31. The van der Waals surface area contributed by atoms with Crippen LogP contribution < -0.4 is 0 Å². The van der Waals surface area contributed by atoms with Crippen LogP contribution in [0.2, 0.25) is 4.34 Å². The molecule has 1 N–H and O–H groups in total. The molecular weight excluding hydrogens is 244 g/mol. The van der Waals surface area contributed by atoms with E-state index in [0.717, 1.165) is 16.9 Å². The predicted octanol–water partition coefficient (Wildman–Crippen LogP) is 3.69. The molecule has 0 bridgehead atoms. The van der Waals surface area contributed by atoms with Gasteiger partial charge in [-0.05, 0) is 11.6 Å². The van der Waals surface area contributed by atoms with E-state index in [4.69, 9.17) is 16.7 Å². The zero-order chi connectivity index (χ0) is 11.5. The summed E-state index contributed by atoms with van der Waals surface area (Å²) in [7, 11) is 0. The van der Waals surface area contributed by atoms with E-state index in [-0.39, 0.29) is 5.56 Å². The molecule has 4 heteroatoms. The molecule has 1 heterocycles. The molecule has 0 radical (unpaired) electrons. The topological polar surface area (TPSA) is 37.3 Å². The molecule has 0 unspecified atom stereocenters. The van der Waals surface area contributed by atoms with Gasteiger partial charge in [0.15, 0.2) is 0 Å².